The number of aliphatic hydroxyl groups is 2. The lowest BCUT2D eigenvalue weighted by Gasteiger charge is -2.36. The maximum atomic E-state index is 13.1. The van der Waals surface area contributed by atoms with Gasteiger partial charge in [0.15, 0.2) is 11.6 Å². The zero-order chi connectivity index (χ0) is 23.3. The number of benzene rings is 1. The largest absolute Gasteiger partial charge is 0.512 e. The van der Waals surface area contributed by atoms with E-state index in [2.05, 4.69) is 0 Å². The third-order valence-corrected chi connectivity index (χ3v) is 5.90. The molecule has 8 nitrogen and oxygen atoms in total. The summed E-state index contributed by atoms with van der Waals surface area (Å²) >= 11 is 0. The second kappa shape index (κ2) is 7.51. The Morgan fingerprint density at radius 2 is 1.32 bits per heavy atom. The van der Waals surface area contributed by atoms with E-state index < -0.39 is 33.2 Å². The summed E-state index contributed by atoms with van der Waals surface area (Å²) in [7, 11) is 0. The van der Waals surface area contributed by atoms with Gasteiger partial charge >= 0.3 is 0 Å². The van der Waals surface area contributed by atoms with Crippen LogP contribution in [0.5, 0.6) is 5.75 Å². The van der Waals surface area contributed by atoms with Crippen LogP contribution in [0.1, 0.15) is 64.9 Å². The van der Waals surface area contributed by atoms with Crippen molar-refractivity contribution in [3.05, 3.63) is 56.5 Å². The maximum Gasteiger partial charge on any atom is 0.270 e. The number of Topliss-reactive ketones (excluding diaryl/α,β-unsaturated/α-hetero) is 2. The van der Waals surface area contributed by atoms with Crippen molar-refractivity contribution in [2.45, 2.75) is 59.3 Å². The number of aromatic hydroxyl groups is 1. The second-order valence-corrected chi connectivity index (χ2v) is 10.0. The molecule has 1 aromatic carbocycles. The van der Waals surface area contributed by atoms with Crippen molar-refractivity contribution in [3.63, 3.8) is 0 Å². The first-order valence-corrected chi connectivity index (χ1v) is 10.1. The van der Waals surface area contributed by atoms with Crippen LogP contribution in [0.2, 0.25) is 0 Å². The van der Waals surface area contributed by atoms with E-state index in [1.54, 1.807) is 0 Å². The van der Waals surface area contributed by atoms with Gasteiger partial charge in [0, 0.05) is 54.5 Å². The number of allylic oxidation sites excluding steroid dienone is 4. The molecule has 31 heavy (non-hydrogen) atoms. The van der Waals surface area contributed by atoms with E-state index in [1.807, 2.05) is 27.7 Å². The minimum absolute atomic E-state index is 0.0709. The molecule has 0 unspecified atom stereocenters. The van der Waals surface area contributed by atoms with Gasteiger partial charge < -0.3 is 15.3 Å². The molecule has 0 amide bonds. The summed E-state index contributed by atoms with van der Waals surface area (Å²) in [6.07, 6.45) is 0.501. The molecule has 2 aliphatic carbocycles. The number of ketones is 2. The van der Waals surface area contributed by atoms with E-state index in [4.69, 9.17) is 0 Å². The van der Waals surface area contributed by atoms with Gasteiger partial charge in [-0.15, -0.1) is 0 Å². The van der Waals surface area contributed by atoms with Crippen LogP contribution in [0.3, 0.4) is 0 Å². The summed E-state index contributed by atoms with van der Waals surface area (Å²) in [4.78, 5) is 36.9. The number of nitro benzene ring substituents is 1. The third kappa shape index (κ3) is 4.33. The number of non-ortho nitro benzene ring substituents is 1. The highest BCUT2D eigenvalue weighted by Crippen LogP contribution is 2.49. The molecule has 3 N–H and O–H groups in total. The van der Waals surface area contributed by atoms with E-state index in [1.165, 1.54) is 0 Å². The molecule has 1 aromatic rings. The fraction of sp³-hybridized carbons (Fsp3) is 0.478. The molecule has 0 radical (unpaired) electrons. The van der Waals surface area contributed by atoms with Gasteiger partial charge in [0.1, 0.15) is 17.3 Å². The number of rotatable bonds is 4. The van der Waals surface area contributed by atoms with Crippen molar-refractivity contribution in [2.75, 3.05) is 0 Å². The van der Waals surface area contributed by atoms with Crippen LogP contribution in [-0.2, 0) is 9.59 Å². The van der Waals surface area contributed by atoms with Crippen molar-refractivity contribution in [3.8, 4) is 5.75 Å². The molecule has 0 spiro atoms. The van der Waals surface area contributed by atoms with Gasteiger partial charge in [0.2, 0.25) is 0 Å². The van der Waals surface area contributed by atoms with Crippen molar-refractivity contribution in [2.24, 2.45) is 10.8 Å². The molecule has 0 aromatic heterocycles. The Hall–Kier alpha value is -3.16. The molecule has 166 valence electrons. The molecule has 0 aliphatic heterocycles. The number of phenols is 1. The fourth-order valence-corrected chi connectivity index (χ4v) is 4.60. The fourth-order valence-electron chi connectivity index (χ4n) is 4.60. The molecule has 0 atom stereocenters. The molecule has 8 heteroatoms. The zero-order valence-electron chi connectivity index (χ0n) is 18.1. The molecule has 0 saturated carbocycles. The standard InChI is InChI=1S/C23H27NO7/c1-22(2)8-15(26)20(16(27)9-22)19(13-7-12(24(30)31)5-6-14(13)25)21-17(28)10-23(3,4)11-18(21)29/h5-7,19,25-26,28H,8-11H2,1-4H3. The topological polar surface area (TPSA) is 138 Å². The molecule has 0 heterocycles. The van der Waals surface area contributed by atoms with Crippen molar-refractivity contribution in [1.29, 1.82) is 0 Å². The van der Waals surface area contributed by atoms with E-state index >= 15 is 0 Å². The van der Waals surface area contributed by atoms with Crippen LogP contribution in [0.4, 0.5) is 5.69 Å². The molecule has 0 saturated heterocycles. The van der Waals surface area contributed by atoms with Gasteiger partial charge in [-0.05, 0) is 16.9 Å². The Morgan fingerprint density at radius 3 is 1.71 bits per heavy atom. The van der Waals surface area contributed by atoms with Gasteiger partial charge in [-0.25, -0.2) is 0 Å². The van der Waals surface area contributed by atoms with Crippen LogP contribution < -0.4 is 0 Å². The number of carbonyl (C=O) groups is 2. The summed E-state index contributed by atoms with van der Waals surface area (Å²) < 4.78 is 0. The number of aliphatic hydroxyl groups excluding tert-OH is 2. The van der Waals surface area contributed by atoms with Crippen LogP contribution in [-0.4, -0.2) is 31.8 Å². The predicted molar refractivity (Wildman–Crippen MR) is 113 cm³/mol. The molecule has 3 rings (SSSR count). The van der Waals surface area contributed by atoms with Crippen LogP contribution in [0.25, 0.3) is 0 Å². The van der Waals surface area contributed by atoms with Gasteiger partial charge in [0.25, 0.3) is 5.69 Å². The number of carbonyl (C=O) groups excluding carboxylic acids is 2. The van der Waals surface area contributed by atoms with Gasteiger partial charge in [-0.2, -0.15) is 0 Å². The lowest BCUT2D eigenvalue weighted by Crippen LogP contribution is -2.33. The Balaban J connectivity index is 2.32. The quantitative estimate of drug-likeness (QED) is 0.462. The number of nitrogens with zero attached hydrogens (tertiary/aromatic N) is 1. The Morgan fingerprint density at radius 1 is 0.871 bits per heavy atom. The highest BCUT2D eigenvalue weighted by Gasteiger charge is 2.44. The molecule has 0 bridgehead atoms. The van der Waals surface area contributed by atoms with Crippen LogP contribution in [0, 0.1) is 20.9 Å². The molecular weight excluding hydrogens is 402 g/mol. The first kappa shape index (κ1) is 22.5. The second-order valence-electron chi connectivity index (χ2n) is 10.0. The molecule has 2 aliphatic rings. The van der Waals surface area contributed by atoms with Crippen molar-refractivity contribution < 1.29 is 29.8 Å². The summed E-state index contributed by atoms with van der Waals surface area (Å²) in [5.74, 6) is -3.01. The monoisotopic (exact) mass is 429 g/mol. The van der Waals surface area contributed by atoms with Gasteiger partial charge in [-0.3, -0.25) is 19.7 Å². The molecule has 0 fully saturated rings. The summed E-state index contributed by atoms with van der Waals surface area (Å²) in [5, 5.41) is 43.5. The normalized spacial score (nSPS) is 21.1. The number of phenolic OH excluding ortho intramolecular Hbond substituents is 1. The lowest BCUT2D eigenvalue weighted by molar-refractivity contribution is -0.384. The Labute approximate surface area is 180 Å². The maximum absolute atomic E-state index is 13.1. The predicted octanol–water partition coefficient (Wildman–Crippen LogP) is 4.79. The van der Waals surface area contributed by atoms with E-state index in [9.17, 15) is 35.0 Å². The smallest absolute Gasteiger partial charge is 0.270 e. The Kier molecular flexibility index (Phi) is 5.46. The zero-order valence-corrected chi connectivity index (χ0v) is 18.1. The van der Waals surface area contributed by atoms with E-state index in [0.29, 0.717) is 0 Å². The van der Waals surface area contributed by atoms with Crippen molar-refractivity contribution >= 4 is 17.3 Å². The summed E-state index contributed by atoms with van der Waals surface area (Å²) in [6.45, 7) is 7.29. The SMILES string of the molecule is CC1(C)CC(=O)C(C(C2=C(O)CC(C)(C)CC2=O)c2cc([N+](=O)[O-])ccc2O)=C(O)C1. The highest BCUT2D eigenvalue weighted by molar-refractivity contribution is 6.05. The van der Waals surface area contributed by atoms with Crippen LogP contribution in [0.15, 0.2) is 40.9 Å². The number of hydrogen-bond acceptors (Lipinski definition) is 7. The first-order valence-electron chi connectivity index (χ1n) is 10.1. The Bertz CT molecular complexity index is 994. The van der Waals surface area contributed by atoms with E-state index in [-0.39, 0.29) is 65.3 Å². The third-order valence-electron chi connectivity index (χ3n) is 5.90. The number of hydrogen-bond donors (Lipinski definition) is 3. The van der Waals surface area contributed by atoms with Gasteiger partial charge in [0.05, 0.1) is 10.8 Å². The lowest BCUT2D eigenvalue weighted by atomic mass is 9.67. The highest BCUT2D eigenvalue weighted by atomic mass is 16.6. The van der Waals surface area contributed by atoms with Crippen LogP contribution >= 0.6 is 0 Å². The number of nitro groups is 1. The van der Waals surface area contributed by atoms with Gasteiger partial charge in [-0.1, -0.05) is 27.7 Å². The average Bonchev–Trinajstić information content (AvgIpc) is 2.57. The molecular formula is C23H27NO7. The average molecular weight is 429 g/mol. The van der Waals surface area contributed by atoms with E-state index in [0.717, 1.165) is 18.2 Å². The summed E-state index contributed by atoms with van der Waals surface area (Å²) in [6, 6.07) is 3.31. The first-order chi connectivity index (χ1) is 14.2. The summed E-state index contributed by atoms with van der Waals surface area (Å²) in [5.41, 5.74) is -1.64. The minimum Gasteiger partial charge on any atom is -0.512 e. The van der Waals surface area contributed by atoms with Crippen molar-refractivity contribution in [1.82, 2.24) is 0 Å². The minimum atomic E-state index is -1.30.